The van der Waals surface area contributed by atoms with Crippen LogP contribution in [0.4, 0.5) is 0 Å². The highest BCUT2D eigenvalue weighted by atomic mass is 35.5. The maximum absolute atomic E-state index is 6.20. The highest BCUT2D eigenvalue weighted by molar-refractivity contribution is 7.13. The molecule has 3 heteroatoms. The summed E-state index contributed by atoms with van der Waals surface area (Å²) in [5, 5.41) is 6.57. The third-order valence-electron chi connectivity index (χ3n) is 2.97. The molecule has 0 bridgehead atoms. The smallest absolute Gasteiger partial charge is 0.0492 e. The summed E-state index contributed by atoms with van der Waals surface area (Å²) in [6.45, 7) is 0.978. The highest BCUT2D eigenvalue weighted by Gasteiger charge is 2.20. The summed E-state index contributed by atoms with van der Waals surface area (Å²) in [7, 11) is 0. The van der Waals surface area contributed by atoms with Crippen molar-refractivity contribution in [2.45, 2.75) is 25.4 Å². The van der Waals surface area contributed by atoms with Crippen molar-refractivity contribution in [1.82, 2.24) is 5.32 Å². The fraction of sp³-hybridized carbons (Fsp3) is 0.286. The van der Waals surface area contributed by atoms with Crippen LogP contribution in [0.15, 0.2) is 35.7 Å². The average Bonchev–Trinajstić information content (AvgIpc) is 3.06. The Morgan fingerprint density at radius 1 is 1.29 bits per heavy atom. The Morgan fingerprint density at radius 2 is 2.12 bits per heavy atom. The molecule has 0 amide bonds. The average molecular weight is 264 g/mol. The first-order valence-corrected chi connectivity index (χ1v) is 7.14. The van der Waals surface area contributed by atoms with Gasteiger partial charge in [-0.3, -0.25) is 0 Å². The quantitative estimate of drug-likeness (QED) is 0.866. The SMILES string of the molecule is Clc1ccccc1-c1cc(CNC2CC2)cs1. The fourth-order valence-corrected chi connectivity index (χ4v) is 3.07. The molecule has 1 aliphatic rings. The second kappa shape index (κ2) is 4.81. The van der Waals surface area contributed by atoms with Crippen molar-refractivity contribution in [3.63, 3.8) is 0 Å². The molecule has 1 aliphatic carbocycles. The van der Waals surface area contributed by atoms with Crippen molar-refractivity contribution in [3.05, 3.63) is 46.3 Å². The Balaban J connectivity index is 1.77. The van der Waals surface area contributed by atoms with Crippen LogP contribution in [0.3, 0.4) is 0 Å². The minimum atomic E-state index is 0.763. The largest absolute Gasteiger partial charge is 0.310 e. The molecule has 1 nitrogen and oxygen atoms in total. The van der Waals surface area contributed by atoms with Gasteiger partial charge in [0, 0.05) is 28.0 Å². The summed E-state index contributed by atoms with van der Waals surface area (Å²) >= 11 is 7.96. The Morgan fingerprint density at radius 3 is 2.88 bits per heavy atom. The van der Waals surface area contributed by atoms with Gasteiger partial charge >= 0.3 is 0 Å². The van der Waals surface area contributed by atoms with E-state index in [4.69, 9.17) is 11.6 Å². The molecule has 0 saturated heterocycles. The molecule has 1 aromatic heterocycles. The summed E-state index contributed by atoms with van der Waals surface area (Å²) in [6, 6.07) is 11.0. The monoisotopic (exact) mass is 263 g/mol. The second-order valence-corrected chi connectivity index (χ2v) is 5.77. The third-order valence-corrected chi connectivity index (χ3v) is 4.31. The number of halogens is 1. The first kappa shape index (κ1) is 11.3. The normalized spacial score (nSPS) is 15.1. The van der Waals surface area contributed by atoms with Gasteiger partial charge in [-0.1, -0.05) is 29.8 Å². The van der Waals surface area contributed by atoms with Gasteiger partial charge in [0.25, 0.3) is 0 Å². The molecule has 2 aromatic rings. The van der Waals surface area contributed by atoms with E-state index < -0.39 is 0 Å². The van der Waals surface area contributed by atoms with Crippen molar-refractivity contribution in [3.8, 4) is 10.4 Å². The Bertz CT molecular complexity index is 516. The van der Waals surface area contributed by atoms with Crippen LogP contribution in [-0.4, -0.2) is 6.04 Å². The zero-order valence-corrected chi connectivity index (χ0v) is 11.0. The lowest BCUT2D eigenvalue weighted by atomic mass is 10.1. The molecular formula is C14H14ClNS. The van der Waals surface area contributed by atoms with E-state index in [1.807, 2.05) is 18.2 Å². The van der Waals surface area contributed by atoms with Crippen molar-refractivity contribution in [2.24, 2.45) is 0 Å². The van der Waals surface area contributed by atoms with Crippen molar-refractivity contribution < 1.29 is 0 Å². The number of hydrogen-bond acceptors (Lipinski definition) is 2. The second-order valence-electron chi connectivity index (χ2n) is 4.45. The number of rotatable bonds is 4. The highest BCUT2D eigenvalue weighted by Crippen LogP contribution is 2.32. The summed E-state index contributed by atoms with van der Waals surface area (Å²) in [5.74, 6) is 0. The predicted octanol–water partition coefficient (Wildman–Crippen LogP) is 4.32. The van der Waals surface area contributed by atoms with E-state index in [1.54, 1.807) is 11.3 Å². The van der Waals surface area contributed by atoms with Crippen molar-refractivity contribution in [1.29, 1.82) is 0 Å². The summed E-state index contributed by atoms with van der Waals surface area (Å²) in [5.41, 5.74) is 2.49. The van der Waals surface area contributed by atoms with E-state index >= 15 is 0 Å². The summed E-state index contributed by atoms with van der Waals surface area (Å²) in [6.07, 6.45) is 2.67. The lowest BCUT2D eigenvalue weighted by molar-refractivity contribution is 0.689. The molecule has 88 valence electrons. The first-order chi connectivity index (χ1) is 8.33. The molecule has 0 unspecified atom stereocenters. The Kier molecular flexibility index (Phi) is 3.19. The molecule has 17 heavy (non-hydrogen) atoms. The minimum Gasteiger partial charge on any atom is -0.310 e. The standard InChI is InChI=1S/C14H14ClNS/c15-13-4-2-1-3-12(13)14-7-10(9-17-14)8-16-11-5-6-11/h1-4,7,9,11,16H,5-6,8H2. The van der Waals surface area contributed by atoms with Gasteiger partial charge in [-0.05, 0) is 35.9 Å². The maximum atomic E-state index is 6.20. The van der Waals surface area contributed by atoms with Gasteiger partial charge in [0.05, 0.1) is 0 Å². The summed E-state index contributed by atoms with van der Waals surface area (Å²) in [4.78, 5) is 1.25. The molecule has 0 atom stereocenters. The Labute approximate surface area is 110 Å². The van der Waals surface area contributed by atoms with Gasteiger partial charge in [0.15, 0.2) is 0 Å². The van der Waals surface area contributed by atoms with Gasteiger partial charge in [-0.2, -0.15) is 0 Å². The molecule has 3 rings (SSSR count). The molecular weight excluding hydrogens is 250 g/mol. The van der Waals surface area contributed by atoms with E-state index in [9.17, 15) is 0 Å². The van der Waals surface area contributed by atoms with Crippen LogP contribution in [0.2, 0.25) is 5.02 Å². The molecule has 1 aromatic carbocycles. The Hall–Kier alpha value is -0.830. The summed E-state index contributed by atoms with van der Waals surface area (Å²) < 4.78 is 0. The van der Waals surface area contributed by atoms with E-state index in [-0.39, 0.29) is 0 Å². The van der Waals surface area contributed by atoms with E-state index in [0.717, 1.165) is 23.2 Å². The molecule has 0 aliphatic heterocycles. The molecule has 1 saturated carbocycles. The third kappa shape index (κ3) is 2.71. The fourth-order valence-electron chi connectivity index (χ4n) is 1.82. The van der Waals surface area contributed by atoms with Gasteiger partial charge < -0.3 is 5.32 Å². The van der Waals surface area contributed by atoms with Gasteiger partial charge in [-0.15, -0.1) is 11.3 Å². The lowest BCUT2D eigenvalue weighted by Gasteiger charge is -2.00. The zero-order valence-electron chi connectivity index (χ0n) is 9.45. The van der Waals surface area contributed by atoms with Gasteiger partial charge in [0.1, 0.15) is 0 Å². The van der Waals surface area contributed by atoms with Crippen LogP contribution < -0.4 is 5.32 Å². The molecule has 1 heterocycles. The van der Waals surface area contributed by atoms with Gasteiger partial charge in [0.2, 0.25) is 0 Å². The number of nitrogens with one attached hydrogen (secondary N) is 1. The predicted molar refractivity (Wildman–Crippen MR) is 74.6 cm³/mol. The number of hydrogen-bond donors (Lipinski definition) is 1. The van der Waals surface area contributed by atoms with Crippen LogP contribution in [-0.2, 0) is 6.54 Å². The van der Waals surface area contributed by atoms with Crippen molar-refractivity contribution in [2.75, 3.05) is 0 Å². The van der Waals surface area contributed by atoms with Crippen LogP contribution >= 0.6 is 22.9 Å². The van der Waals surface area contributed by atoms with E-state index in [1.165, 1.54) is 23.3 Å². The minimum absolute atomic E-state index is 0.763. The van der Waals surface area contributed by atoms with Crippen LogP contribution in [0.1, 0.15) is 18.4 Å². The number of benzene rings is 1. The zero-order chi connectivity index (χ0) is 11.7. The van der Waals surface area contributed by atoms with Crippen LogP contribution in [0, 0.1) is 0 Å². The van der Waals surface area contributed by atoms with Crippen LogP contribution in [0.5, 0.6) is 0 Å². The van der Waals surface area contributed by atoms with Crippen molar-refractivity contribution >= 4 is 22.9 Å². The van der Waals surface area contributed by atoms with Gasteiger partial charge in [-0.25, -0.2) is 0 Å². The topological polar surface area (TPSA) is 12.0 Å². The van der Waals surface area contributed by atoms with E-state index in [2.05, 4.69) is 22.8 Å². The lowest BCUT2D eigenvalue weighted by Crippen LogP contribution is -2.14. The first-order valence-electron chi connectivity index (χ1n) is 5.88. The molecule has 1 N–H and O–H groups in total. The maximum Gasteiger partial charge on any atom is 0.0492 e. The van der Waals surface area contributed by atoms with Crippen LogP contribution in [0.25, 0.3) is 10.4 Å². The number of thiophene rings is 1. The molecule has 0 radical (unpaired) electrons. The van der Waals surface area contributed by atoms with E-state index in [0.29, 0.717) is 0 Å². The molecule has 1 fully saturated rings. The molecule has 0 spiro atoms.